The number of benzene rings is 2. The number of carbonyl (C=O) groups excluding carboxylic acids is 1. The Hall–Kier alpha value is -3.68. The molecular formula is C18H14FN3O4. The number of ether oxygens (including phenoxy) is 1. The number of halogens is 1. The van der Waals surface area contributed by atoms with Crippen LogP contribution in [0.1, 0.15) is 20.8 Å². The summed E-state index contributed by atoms with van der Waals surface area (Å²) < 4.78 is 19.2. The number of aromatic nitrogens is 2. The van der Waals surface area contributed by atoms with Gasteiger partial charge in [-0.1, -0.05) is 18.2 Å². The first-order valence-corrected chi connectivity index (χ1v) is 7.53. The average Bonchev–Trinajstić information content (AvgIpc) is 3.05. The zero-order valence-electron chi connectivity index (χ0n) is 13.6. The van der Waals surface area contributed by atoms with Crippen molar-refractivity contribution in [3.63, 3.8) is 0 Å². The number of methoxy groups -OCH3 is 1. The number of nitrogens with one attached hydrogen (secondary N) is 2. The smallest absolute Gasteiger partial charge is 0.356 e. The van der Waals surface area contributed by atoms with Gasteiger partial charge in [-0.2, -0.15) is 5.10 Å². The number of anilines is 1. The fourth-order valence-electron chi connectivity index (χ4n) is 2.42. The van der Waals surface area contributed by atoms with E-state index in [-0.39, 0.29) is 28.2 Å². The maximum Gasteiger partial charge on any atom is 0.356 e. The van der Waals surface area contributed by atoms with Gasteiger partial charge < -0.3 is 15.2 Å². The number of hydrogen-bond donors (Lipinski definition) is 3. The van der Waals surface area contributed by atoms with Gasteiger partial charge in [0.25, 0.3) is 5.91 Å². The van der Waals surface area contributed by atoms with Gasteiger partial charge in [-0.15, -0.1) is 0 Å². The molecule has 0 fully saturated rings. The average molecular weight is 355 g/mol. The van der Waals surface area contributed by atoms with Crippen LogP contribution < -0.4 is 10.1 Å². The van der Waals surface area contributed by atoms with Crippen LogP contribution in [-0.2, 0) is 0 Å². The van der Waals surface area contributed by atoms with Crippen LogP contribution >= 0.6 is 0 Å². The summed E-state index contributed by atoms with van der Waals surface area (Å²) in [6.07, 6.45) is 0. The number of aromatic carboxylic acids is 1. The minimum Gasteiger partial charge on any atom is -0.497 e. The van der Waals surface area contributed by atoms with E-state index in [1.807, 2.05) is 0 Å². The number of carbonyl (C=O) groups is 2. The van der Waals surface area contributed by atoms with Crippen molar-refractivity contribution in [2.24, 2.45) is 0 Å². The molecule has 0 unspecified atom stereocenters. The van der Waals surface area contributed by atoms with Gasteiger partial charge in [0.05, 0.1) is 7.11 Å². The minimum absolute atomic E-state index is 0.00301. The van der Waals surface area contributed by atoms with Gasteiger partial charge in [0, 0.05) is 11.1 Å². The number of H-pyrrole nitrogens is 1. The number of amides is 1. The Morgan fingerprint density at radius 3 is 2.65 bits per heavy atom. The molecule has 0 bridgehead atoms. The van der Waals surface area contributed by atoms with E-state index in [0.29, 0.717) is 5.75 Å². The Labute approximate surface area is 147 Å². The molecule has 0 saturated heterocycles. The lowest BCUT2D eigenvalue weighted by atomic mass is 10.1. The molecule has 1 aromatic heterocycles. The second-order valence-corrected chi connectivity index (χ2v) is 5.29. The van der Waals surface area contributed by atoms with Gasteiger partial charge in [0.1, 0.15) is 22.9 Å². The normalized spacial score (nSPS) is 10.4. The molecule has 26 heavy (non-hydrogen) atoms. The standard InChI is InChI=1S/C18H14FN3O4/c1-26-11-6-4-5-10(9-11)17(23)20-15-14(21-22-16(15)18(24)25)12-7-2-3-8-13(12)19/h2-9H,1H3,(H,20,23)(H,21,22)(H,24,25). The second-order valence-electron chi connectivity index (χ2n) is 5.29. The van der Waals surface area contributed by atoms with Crippen molar-refractivity contribution in [1.82, 2.24) is 10.2 Å². The monoisotopic (exact) mass is 355 g/mol. The molecule has 1 amide bonds. The zero-order valence-corrected chi connectivity index (χ0v) is 13.6. The number of aromatic amines is 1. The van der Waals surface area contributed by atoms with Gasteiger partial charge in [-0.05, 0) is 30.3 Å². The Bertz CT molecular complexity index is 984. The van der Waals surface area contributed by atoms with E-state index in [1.54, 1.807) is 24.3 Å². The molecule has 0 aliphatic heterocycles. The van der Waals surface area contributed by atoms with Crippen LogP contribution in [0.15, 0.2) is 48.5 Å². The van der Waals surface area contributed by atoms with E-state index in [0.717, 1.165) is 0 Å². The summed E-state index contributed by atoms with van der Waals surface area (Å²) in [6.45, 7) is 0. The summed E-state index contributed by atoms with van der Waals surface area (Å²) in [4.78, 5) is 24.0. The fraction of sp³-hybridized carbons (Fsp3) is 0.0556. The van der Waals surface area contributed by atoms with Gasteiger partial charge in [0.2, 0.25) is 0 Å². The molecule has 7 nitrogen and oxygen atoms in total. The predicted octanol–water partition coefficient (Wildman–Crippen LogP) is 3.17. The molecule has 0 saturated carbocycles. The number of nitrogens with zero attached hydrogens (tertiary/aromatic N) is 1. The summed E-state index contributed by atoms with van der Waals surface area (Å²) >= 11 is 0. The number of carboxylic acids is 1. The van der Waals surface area contributed by atoms with Crippen LogP contribution in [0.25, 0.3) is 11.3 Å². The Balaban J connectivity index is 2.03. The predicted molar refractivity (Wildman–Crippen MR) is 91.9 cm³/mol. The molecule has 0 atom stereocenters. The molecule has 2 aromatic carbocycles. The number of carboxylic acid groups (broad SMARTS) is 1. The largest absolute Gasteiger partial charge is 0.497 e. The number of hydrogen-bond acceptors (Lipinski definition) is 4. The van der Waals surface area contributed by atoms with E-state index in [9.17, 15) is 19.1 Å². The van der Waals surface area contributed by atoms with Crippen molar-refractivity contribution < 1.29 is 23.8 Å². The maximum absolute atomic E-state index is 14.1. The summed E-state index contributed by atoms with van der Waals surface area (Å²) in [5, 5.41) is 18.0. The maximum atomic E-state index is 14.1. The first-order chi connectivity index (χ1) is 12.5. The lowest BCUT2D eigenvalue weighted by Crippen LogP contribution is -2.15. The molecule has 132 valence electrons. The van der Waals surface area contributed by atoms with Crippen molar-refractivity contribution in [1.29, 1.82) is 0 Å². The van der Waals surface area contributed by atoms with Gasteiger partial charge in [0.15, 0.2) is 5.69 Å². The van der Waals surface area contributed by atoms with E-state index in [4.69, 9.17) is 4.74 Å². The lowest BCUT2D eigenvalue weighted by molar-refractivity contribution is 0.0691. The Morgan fingerprint density at radius 2 is 1.96 bits per heavy atom. The van der Waals surface area contributed by atoms with Crippen molar-refractivity contribution >= 4 is 17.6 Å². The molecule has 8 heteroatoms. The van der Waals surface area contributed by atoms with Crippen molar-refractivity contribution in [3.05, 3.63) is 65.6 Å². The van der Waals surface area contributed by atoms with Crippen molar-refractivity contribution in [2.45, 2.75) is 0 Å². The first-order valence-electron chi connectivity index (χ1n) is 7.53. The molecule has 0 radical (unpaired) electrons. The van der Waals surface area contributed by atoms with E-state index in [1.165, 1.54) is 31.4 Å². The molecule has 0 aliphatic rings. The third-order valence-corrected chi connectivity index (χ3v) is 3.68. The van der Waals surface area contributed by atoms with Crippen LogP contribution in [-0.4, -0.2) is 34.3 Å². The van der Waals surface area contributed by atoms with Crippen LogP contribution in [0.3, 0.4) is 0 Å². The van der Waals surface area contributed by atoms with Gasteiger partial charge >= 0.3 is 5.97 Å². The van der Waals surface area contributed by atoms with E-state index < -0.39 is 17.7 Å². The SMILES string of the molecule is COc1cccc(C(=O)Nc2c(-c3ccccc3F)n[nH]c2C(=O)O)c1. The molecule has 3 aromatic rings. The van der Waals surface area contributed by atoms with Crippen LogP contribution in [0.4, 0.5) is 10.1 Å². The molecular weight excluding hydrogens is 341 g/mol. The molecule has 0 spiro atoms. The van der Waals surface area contributed by atoms with E-state index in [2.05, 4.69) is 15.5 Å². The minimum atomic E-state index is -1.33. The molecule has 3 rings (SSSR count). The first kappa shape index (κ1) is 17.2. The lowest BCUT2D eigenvalue weighted by Gasteiger charge is -2.08. The van der Waals surface area contributed by atoms with Crippen LogP contribution in [0.2, 0.25) is 0 Å². The Morgan fingerprint density at radius 1 is 1.19 bits per heavy atom. The summed E-state index contributed by atoms with van der Waals surface area (Å²) in [7, 11) is 1.46. The quantitative estimate of drug-likeness (QED) is 0.652. The fourth-order valence-corrected chi connectivity index (χ4v) is 2.42. The highest BCUT2D eigenvalue weighted by molar-refractivity contribution is 6.09. The summed E-state index contributed by atoms with van der Waals surface area (Å²) in [5.41, 5.74) is -0.148. The third-order valence-electron chi connectivity index (χ3n) is 3.68. The number of rotatable bonds is 5. The van der Waals surface area contributed by atoms with Crippen LogP contribution in [0, 0.1) is 5.82 Å². The molecule has 1 heterocycles. The Kier molecular flexibility index (Phi) is 4.66. The third kappa shape index (κ3) is 3.25. The summed E-state index contributed by atoms with van der Waals surface area (Å²) in [5.74, 6) is -2.03. The molecule has 3 N–H and O–H groups in total. The zero-order chi connectivity index (χ0) is 18.7. The van der Waals surface area contributed by atoms with E-state index >= 15 is 0 Å². The van der Waals surface area contributed by atoms with Crippen molar-refractivity contribution in [2.75, 3.05) is 12.4 Å². The van der Waals surface area contributed by atoms with Gasteiger partial charge in [-0.3, -0.25) is 9.89 Å². The second kappa shape index (κ2) is 7.06. The summed E-state index contributed by atoms with van der Waals surface area (Å²) in [6, 6.07) is 12.1. The van der Waals surface area contributed by atoms with Crippen LogP contribution in [0.5, 0.6) is 5.75 Å². The van der Waals surface area contributed by atoms with Crippen molar-refractivity contribution in [3.8, 4) is 17.0 Å². The molecule has 0 aliphatic carbocycles. The highest BCUT2D eigenvalue weighted by atomic mass is 19.1. The van der Waals surface area contributed by atoms with Gasteiger partial charge in [-0.25, -0.2) is 9.18 Å². The highest BCUT2D eigenvalue weighted by Gasteiger charge is 2.23. The highest BCUT2D eigenvalue weighted by Crippen LogP contribution is 2.31. The topological polar surface area (TPSA) is 104 Å².